The fraction of sp³-hybridized carbons (Fsp3) is 0.583. The van der Waals surface area contributed by atoms with Crippen molar-refractivity contribution in [2.75, 3.05) is 29.9 Å². The molecule has 19 heavy (non-hydrogen) atoms. The summed E-state index contributed by atoms with van der Waals surface area (Å²) in [5, 5.41) is 3.17. The Labute approximate surface area is 120 Å². The Morgan fingerprint density at radius 2 is 2.37 bits per heavy atom. The van der Waals surface area contributed by atoms with Crippen molar-refractivity contribution in [3.05, 3.63) is 10.8 Å². The Kier molecular flexibility index (Phi) is 3.93. The number of carbonyl (C=O) groups excluding carboxylic acids is 1. The molecule has 2 rings (SSSR count). The van der Waals surface area contributed by atoms with Crippen LogP contribution in [0.3, 0.4) is 0 Å². The first kappa shape index (κ1) is 14.0. The summed E-state index contributed by atoms with van der Waals surface area (Å²) >= 11 is 3.52. The Hall–Kier alpha value is -1.37. The summed E-state index contributed by atoms with van der Waals surface area (Å²) in [5.41, 5.74) is 4.98. The molecule has 1 aromatic heterocycles. The highest BCUT2D eigenvalue weighted by atomic mass is 79.9. The zero-order chi connectivity index (χ0) is 14.0. The molecule has 0 aliphatic carbocycles. The molecule has 0 saturated carbocycles. The zero-order valence-corrected chi connectivity index (χ0v) is 12.7. The van der Waals surface area contributed by atoms with Gasteiger partial charge >= 0.3 is 0 Å². The van der Waals surface area contributed by atoms with Crippen molar-refractivity contribution in [3.63, 3.8) is 0 Å². The standard InChI is InChI=1S/C12H18BrN5O/c1-3-15-9-8(13)10(17-7-16-9)18-5-4-12(2,6-18)11(14)19/h7H,3-6H2,1-2H3,(H2,14,19)(H,15,16,17). The van der Waals surface area contributed by atoms with Crippen molar-refractivity contribution < 1.29 is 4.79 Å². The molecule has 0 radical (unpaired) electrons. The van der Waals surface area contributed by atoms with Crippen LogP contribution in [0.25, 0.3) is 0 Å². The zero-order valence-electron chi connectivity index (χ0n) is 11.1. The monoisotopic (exact) mass is 327 g/mol. The van der Waals surface area contributed by atoms with Crippen LogP contribution in [0.5, 0.6) is 0 Å². The Bertz CT molecular complexity index is 495. The summed E-state index contributed by atoms with van der Waals surface area (Å²) < 4.78 is 0.825. The Morgan fingerprint density at radius 3 is 2.95 bits per heavy atom. The average molecular weight is 328 g/mol. The van der Waals surface area contributed by atoms with Crippen molar-refractivity contribution in [1.82, 2.24) is 9.97 Å². The van der Waals surface area contributed by atoms with Gasteiger partial charge in [-0.05, 0) is 36.2 Å². The van der Waals surface area contributed by atoms with Crippen molar-refractivity contribution in [2.45, 2.75) is 20.3 Å². The molecular formula is C12H18BrN5O. The van der Waals surface area contributed by atoms with E-state index >= 15 is 0 Å². The molecule has 1 unspecified atom stereocenters. The van der Waals surface area contributed by atoms with Crippen LogP contribution in [0.4, 0.5) is 11.6 Å². The first-order valence-electron chi connectivity index (χ1n) is 6.27. The number of amides is 1. The van der Waals surface area contributed by atoms with Gasteiger partial charge in [0, 0.05) is 19.6 Å². The van der Waals surface area contributed by atoms with E-state index < -0.39 is 5.41 Å². The predicted molar refractivity (Wildman–Crippen MR) is 78.0 cm³/mol. The van der Waals surface area contributed by atoms with E-state index in [4.69, 9.17) is 5.73 Å². The van der Waals surface area contributed by atoms with Gasteiger partial charge in [-0.3, -0.25) is 4.79 Å². The largest absolute Gasteiger partial charge is 0.369 e. The summed E-state index contributed by atoms with van der Waals surface area (Å²) in [5.74, 6) is 1.31. The highest BCUT2D eigenvalue weighted by Crippen LogP contribution is 2.36. The molecule has 0 aromatic carbocycles. The third-order valence-electron chi connectivity index (χ3n) is 3.48. The van der Waals surface area contributed by atoms with Crippen LogP contribution in [-0.2, 0) is 4.79 Å². The SMILES string of the molecule is CCNc1ncnc(N2CCC(C)(C(N)=O)C2)c1Br. The van der Waals surface area contributed by atoms with E-state index in [9.17, 15) is 4.79 Å². The summed E-state index contributed by atoms with van der Waals surface area (Å²) in [6, 6.07) is 0. The van der Waals surface area contributed by atoms with Gasteiger partial charge < -0.3 is 16.0 Å². The maximum atomic E-state index is 11.5. The number of halogens is 1. The van der Waals surface area contributed by atoms with Crippen molar-refractivity contribution in [3.8, 4) is 0 Å². The van der Waals surface area contributed by atoms with Gasteiger partial charge in [0.15, 0.2) is 0 Å². The first-order valence-corrected chi connectivity index (χ1v) is 7.06. The third kappa shape index (κ3) is 2.65. The average Bonchev–Trinajstić information content (AvgIpc) is 2.76. The molecule has 104 valence electrons. The number of aromatic nitrogens is 2. The fourth-order valence-electron chi connectivity index (χ4n) is 2.21. The molecule has 1 amide bonds. The number of hydrogen-bond donors (Lipinski definition) is 2. The Balaban J connectivity index is 2.25. The van der Waals surface area contributed by atoms with Gasteiger partial charge in [-0.1, -0.05) is 0 Å². The molecule has 1 aliphatic heterocycles. The maximum absolute atomic E-state index is 11.5. The van der Waals surface area contributed by atoms with E-state index in [0.717, 1.165) is 35.6 Å². The number of carbonyl (C=O) groups is 1. The number of nitrogens with one attached hydrogen (secondary N) is 1. The van der Waals surface area contributed by atoms with Crippen LogP contribution in [0.2, 0.25) is 0 Å². The molecule has 1 aromatic rings. The second-order valence-corrected chi connectivity index (χ2v) is 5.78. The van der Waals surface area contributed by atoms with Crippen molar-refractivity contribution >= 4 is 33.5 Å². The van der Waals surface area contributed by atoms with Gasteiger partial charge in [-0.15, -0.1) is 0 Å². The second kappa shape index (κ2) is 5.32. The fourth-order valence-corrected chi connectivity index (χ4v) is 2.81. The van der Waals surface area contributed by atoms with Crippen LogP contribution in [0.1, 0.15) is 20.3 Å². The highest BCUT2D eigenvalue weighted by Gasteiger charge is 2.40. The van der Waals surface area contributed by atoms with Crippen LogP contribution in [0, 0.1) is 5.41 Å². The van der Waals surface area contributed by atoms with Crippen LogP contribution >= 0.6 is 15.9 Å². The quantitative estimate of drug-likeness (QED) is 0.872. The number of anilines is 2. The lowest BCUT2D eigenvalue weighted by molar-refractivity contribution is -0.125. The lowest BCUT2D eigenvalue weighted by Gasteiger charge is -2.23. The van der Waals surface area contributed by atoms with E-state index in [1.807, 2.05) is 13.8 Å². The van der Waals surface area contributed by atoms with E-state index in [0.29, 0.717) is 6.54 Å². The minimum absolute atomic E-state index is 0.257. The number of primary amides is 1. The maximum Gasteiger partial charge on any atom is 0.225 e. The van der Waals surface area contributed by atoms with E-state index in [2.05, 4.69) is 36.1 Å². The van der Waals surface area contributed by atoms with Gasteiger partial charge in [-0.2, -0.15) is 0 Å². The van der Waals surface area contributed by atoms with Crippen LogP contribution in [0.15, 0.2) is 10.8 Å². The lowest BCUT2D eigenvalue weighted by atomic mass is 9.89. The molecule has 1 aliphatic rings. The second-order valence-electron chi connectivity index (χ2n) is 4.99. The normalized spacial score (nSPS) is 22.6. The number of rotatable bonds is 4. The molecule has 1 saturated heterocycles. The number of nitrogens with zero attached hydrogens (tertiary/aromatic N) is 3. The summed E-state index contributed by atoms with van der Waals surface area (Å²) in [6.45, 7) is 6.04. The number of hydrogen-bond acceptors (Lipinski definition) is 5. The molecular weight excluding hydrogens is 310 g/mol. The summed E-state index contributed by atoms with van der Waals surface area (Å²) in [6.07, 6.45) is 2.27. The molecule has 0 spiro atoms. The van der Waals surface area contributed by atoms with Gasteiger partial charge in [0.2, 0.25) is 5.91 Å². The summed E-state index contributed by atoms with van der Waals surface area (Å²) in [4.78, 5) is 22.0. The molecule has 0 bridgehead atoms. The van der Waals surface area contributed by atoms with Gasteiger partial charge in [0.05, 0.1) is 5.41 Å². The van der Waals surface area contributed by atoms with Crippen LogP contribution in [-0.4, -0.2) is 35.5 Å². The summed E-state index contributed by atoms with van der Waals surface area (Å²) in [7, 11) is 0. The van der Waals surface area contributed by atoms with E-state index in [1.165, 1.54) is 6.33 Å². The van der Waals surface area contributed by atoms with Gasteiger partial charge in [-0.25, -0.2) is 9.97 Å². The Morgan fingerprint density at radius 1 is 1.63 bits per heavy atom. The molecule has 2 heterocycles. The molecule has 1 atom stereocenters. The molecule has 3 N–H and O–H groups in total. The first-order chi connectivity index (χ1) is 8.98. The predicted octanol–water partition coefficient (Wildman–Crippen LogP) is 1.37. The van der Waals surface area contributed by atoms with Crippen molar-refractivity contribution in [1.29, 1.82) is 0 Å². The topological polar surface area (TPSA) is 84.1 Å². The minimum atomic E-state index is -0.483. The third-order valence-corrected chi connectivity index (χ3v) is 4.21. The number of nitrogens with two attached hydrogens (primary N) is 1. The van der Waals surface area contributed by atoms with Crippen LogP contribution < -0.4 is 16.0 Å². The van der Waals surface area contributed by atoms with E-state index in [1.54, 1.807) is 0 Å². The van der Waals surface area contributed by atoms with Gasteiger partial charge in [0.1, 0.15) is 22.4 Å². The lowest BCUT2D eigenvalue weighted by Crippen LogP contribution is -2.37. The molecule has 1 fully saturated rings. The molecule has 6 nitrogen and oxygen atoms in total. The highest BCUT2D eigenvalue weighted by molar-refractivity contribution is 9.10. The molecule has 7 heteroatoms. The smallest absolute Gasteiger partial charge is 0.225 e. The minimum Gasteiger partial charge on any atom is -0.369 e. The van der Waals surface area contributed by atoms with Gasteiger partial charge in [0.25, 0.3) is 0 Å². The van der Waals surface area contributed by atoms with Crippen molar-refractivity contribution in [2.24, 2.45) is 11.1 Å². The van der Waals surface area contributed by atoms with E-state index in [-0.39, 0.29) is 5.91 Å².